The van der Waals surface area contributed by atoms with Gasteiger partial charge in [-0.05, 0) is 60.4 Å². The monoisotopic (exact) mass is 499 g/mol. The summed E-state index contributed by atoms with van der Waals surface area (Å²) in [5.74, 6) is 1.34. The number of aryl methyl sites for hydroxylation is 1. The highest BCUT2D eigenvalue weighted by Gasteiger charge is 2.15. The van der Waals surface area contributed by atoms with E-state index in [9.17, 15) is 4.79 Å². The van der Waals surface area contributed by atoms with Crippen molar-refractivity contribution in [3.63, 3.8) is 0 Å². The van der Waals surface area contributed by atoms with Gasteiger partial charge in [-0.2, -0.15) is 0 Å². The van der Waals surface area contributed by atoms with Crippen molar-refractivity contribution in [2.24, 2.45) is 0 Å². The molecule has 192 valence electrons. The number of pyridine rings is 1. The molecule has 0 spiro atoms. The summed E-state index contributed by atoms with van der Waals surface area (Å²) >= 11 is 0. The summed E-state index contributed by atoms with van der Waals surface area (Å²) in [5, 5.41) is 0. The molecule has 7 nitrogen and oxygen atoms in total. The molecule has 0 bridgehead atoms. The topological polar surface area (TPSA) is 69.7 Å². The Morgan fingerprint density at radius 1 is 1.03 bits per heavy atom. The number of oxazole rings is 1. The molecule has 0 saturated carbocycles. The lowest BCUT2D eigenvalue weighted by Gasteiger charge is -2.27. The van der Waals surface area contributed by atoms with Crippen LogP contribution in [0, 0.1) is 6.92 Å². The number of aromatic nitrogens is 2. The highest BCUT2D eigenvalue weighted by Crippen LogP contribution is 2.27. The van der Waals surface area contributed by atoms with Crippen LogP contribution in [0.1, 0.15) is 35.1 Å². The second kappa shape index (κ2) is 11.7. The molecule has 4 aromatic rings. The fourth-order valence-corrected chi connectivity index (χ4v) is 4.62. The van der Waals surface area contributed by atoms with Crippen LogP contribution in [0.5, 0.6) is 0 Å². The van der Waals surface area contributed by atoms with Gasteiger partial charge in [0.05, 0.1) is 26.0 Å². The standard InChI is InChI=1S/C30H33N3O4/c1-3-35-21-23-8-7-22(2)25(14-23)18-29-31-19-28(37-29)26-15-24(20-32-10-12-36-13-11-32)16-27(17-26)33-9-5-4-6-30(33)34/h4-9,14-17,19H,3,10-13,18,20-21H2,1-2H3. The molecule has 2 aromatic carbocycles. The lowest BCUT2D eigenvalue weighted by atomic mass is 10.0. The van der Waals surface area contributed by atoms with Gasteiger partial charge in [0, 0.05) is 56.2 Å². The maximum absolute atomic E-state index is 12.6. The Morgan fingerprint density at radius 2 is 1.89 bits per heavy atom. The number of morpholine rings is 1. The Bertz CT molecular complexity index is 1400. The molecule has 1 saturated heterocycles. The van der Waals surface area contributed by atoms with Gasteiger partial charge in [0.1, 0.15) is 0 Å². The van der Waals surface area contributed by atoms with Crippen molar-refractivity contribution in [3.8, 4) is 17.0 Å². The molecule has 0 unspecified atom stereocenters. The van der Waals surface area contributed by atoms with Gasteiger partial charge in [0.25, 0.3) is 5.56 Å². The molecule has 7 heteroatoms. The third kappa shape index (κ3) is 6.25. The summed E-state index contributed by atoms with van der Waals surface area (Å²) in [7, 11) is 0. The number of hydrogen-bond donors (Lipinski definition) is 0. The van der Waals surface area contributed by atoms with Crippen molar-refractivity contribution in [2.75, 3.05) is 32.9 Å². The summed E-state index contributed by atoms with van der Waals surface area (Å²) < 4.78 is 19.0. The van der Waals surface area contributed by atoms with Gasteiger partial charge in [-0.3, -0.25) is 14.3 Å². The highest BCUT2D eigenvalue weighted by molar-refractivity contribution is 5.62. The summed E-state index contributed by atoms with van der Waals surface area (Å²) in [6.07, 6.45) is 4.17. The fraction of sp³-hybridized carbons (Fsp3) is 0.333. The van der Waals surface area contributed by atoms with Crippen LogP contribution in [0.2, 0.25) is 0 Å². The van der Waals surface area contributed by atoms with E-state index < -0.39 is 0 Å². The largest absolute Gasteiger partial charge is 0.440 e. The molecule has 1 aliphatic rings. The van der Waals surface area contributed by atoms with Crippen molar-refractivity contribution < 1.29 is 13.9 Å². The first-order chi connectivity index (χ1) is 18.1. The van der Waals surface area contributed by atoms with Crippen LogP contribution in [0.15, 0.2) is 76.2 Å². The average Bonchev–Trinajstić information content (AvgIpc) is 3.38. The zero-order valence-corrected chi connectivity index (χ0v) is 21.5. The van der Waals surface area contributed by atoms with Crippen LogP contribution in [0.4, 0.5) is 0 Å². The zero-order valence-electron chi connectivity index (χ0n) is 21.5. The molecule has 0 N–H and O–H groups in total. The highest BCUT2D eigenvalue weighted by atomic mass is 16.5. The van der Waals surface area contributed by atoms with Gasteiger partial charge in [-0.1, -0.05) is 24.3 Å². The molecule has 2 aromatic heterocycles. The van der Waals surface area contributed by atoms with Gasteiger partial charge in [-0.15, -0.1) is 0 Å². The summed E-state index contributed by atoms with van der Waals surface area (Å²) in [6, 6.07) is 17.8. The number of hydrogen-bond acceptors (Lipinski definition) is 6. The second-order valence-corrected chi connectivity index (χ2v) is 9.38. The molecular formula is C30H33N3O4. The number of ether oxygens (including phenoxy) is 2. The Kier molecular flexibility index (Phi) is 7.94. The van der Waals surface area contributed by atoms with E-state index in [2.05, 4.69) is 47.1 Å². The molecular weight excluding hydrogens is 466 g/mol. The van der Waals surface area contributed by atoms with E-state index in [4.69, 9.17) is 13.9 Å². The van der Waals surface area contributed by atoms with E-state index in [0.717, 1.165) is 55.2 Å². The molecule has 1 fully saturated rings. The van der Waals surface area contributed by atoms with Crippen LogP contribution >= 0.6 is 0 Å². The minimum Gasteiger partial charge on any atom is -0.440 e. The number of rotatable bonds is 9. The SMILES string of the molecule is CCOCc1ccc(C)c(Cc2ncc(-c3cc(CN4CCOCC4)cc(-n4ccccc4=O)c3)o2)c1. The van der Waals surface area contributed by atoms with Gasteiger partial charge in [0.2, 0.25) is 0 Å². The van der Waals surface area contributed by atoms with E-state index in [0.29, 0.717) is 31.3 Å². The van der Waals surface area contributed by atoms with Gasteiger partial charge in [0.15, 0.2) is 11.7 Å². The summed E-state index contributed by atoms with van der Waals surface area (Å²) in [5.41, 5.74) is 6.26. The van der Waals surface area contributed by atoms with Crippen molar-refractivity contribution in [1.82, 2.24) is 14.5 Å². The van der Waals surface area contributed by atoms with Crippen LogP contribution in [0.25, 0.3) is 17.0 Å². The lowest BCUT2D eigenvalue weighted by molar-refractivity contribution is 0.0342. The minimum atomic E-state index is -0.0716. The third-order valence-corrected chi connectivity index (χ3v) is 6.65. The van der Waals surface area contributed by atoms with Crippen LogP contribution < -0.4 is 5.56 Å². The maximum Gasteiger partial charge on any atom is 0.255 e. The molecule has 0 atom stereocenters. The van der Waals surface area contributed by atoms with Crippen LogP contribution in [-0.2, 0) is 29.0 Å². The maximum atomic E-state index is 12.6. The quantitative estimate of drug-likeness (QED) is 0.331. The number of nitrogens with zero attached hydrogens (tertiary/aromatic N) is 3. The molecule has 0 aliphatic carbocycles. The predicted octanol–water partition coefficient (Wildman–Crippen LogP) is 4.76. The van der Waals surface area contributed by atoms with Crippen molar-refractivity contribution in [3.05, 3.63) is 105 Å². The first kappa shape index (κ1) is 25.1. The lowest BCUT2D eigenvalue weighted by Crippen LogP contribution is -2.35. The minimum absolute atomic E-state index is 0.0716. The van der Waals surface area contributed by atoms with E-state index in [1.165, 1.54) is 11.1 Å². The Morgan fingerprint density at radius 3 is 2.70 bits per heavy atom. The second-order valence-electron chi connectivity index (χ2n) is 9.38. The third-order valence-electron chi connectivity index (χ3n) is 6.65. The molecule has 1 aliphatic heterocycles. The van der Waals surface area contributed by atoms with Crippen LogP contribution in [-0.4, -0.2) is 47.4 Å². The van der Waals surface area contributed by atoms with E-state index in [1.54, 1.807) is 29.1 Å². The Balaban J connectivity index is 1.45. The number of benzene rings is 2. The van der Waals surface area contributed by atoms with Gasteiger partial charge < -0.3 is 13.9 Å². The smallest absolute Gasteiger partial charge is 0.255 e. The van der Waals surface area contributed by atoms with Gasteiger partial charge in [-0.25, -0.2) is 4.98 Å². The first-order valence-electron chi connectivity index (χ1n) is 12.8. The summed E-state index contributed by atoms with van der Waals surface area (Å²) in [4.78, 5) is 19.6. The Labute approximate surface area is 217 Å². The van der Waals surface area contributed by atoms with Crippen LogP contribution in [0.3, 0.4) is 0 Å². The molecule has 0 radical (unpaired) electrons. The average molecular weight is 500 g/mol. The van der Waals surface area contributed by atoms with E-state index in [-0.39, 0.29) is 5.56 Å². The van der Waals surface area contributed by atoms with E-state index >= 15 is 0 Å². The van der Waals surface area contributed by atoms with Gasteiger partial charge >= 0.3 is 0 Å². The van der Waals surface area contributed by atoms with Crippen molar-refractivity contribution in [2.45, 2.75) is 33.4 Å². The normalized spacial score (nSPS) is 14.2. The zero-order chi connectivity index (χ0) is 25.6. The molecule has 5 rings (SSSR count). The van der Waals surface area contributed by atoms with Crippen molar-refractivity contribution in [1.29, 1.82) is 0 Å². The molecule has 0 amide bonds. The molecule has 37 heavy (non-hydrogen) atoms. The first-order valence-corrected chi connectivity index (χ1v) is 12.8. The van der Waals surface area contributed by atoms with E-state index in [1.807, 2.05) is 19.1 Å². The summed E-state index contributed by atoms with van der Waals surface area (Å²) in [6.45, 7) is 9.41. The van der Waals surface area contributed by atoms with Crippen molar-refractivity contribution >= 4 is 0 Å². The molecule has 3 heterocycles. The predicted molar refractivity (Wildman–Crippen MR) is 143 cm³/mol. The Hall–Kier alpha value is -3.52. The fourth-order valence-electron chi connectivity index (χ4n) is 4.62.